The van der Waals surface area contributed by atoms with Crippen molar-refractivity contribution < 1.29 is 4.42 Å². The maximum absolute atomic E-state index is 5.26. The maximum Gasteiger partial charge on any atom is 0.0935 e. The van der Waals surface area contributed by atoms with Crippen LogP contribution in [0.5, 0.6) is 0 Å². The molecule has 1 N–H and O–H groups in total. The first-order valence-electron chi connectivity index (χ1n) is 8.99. The van der Waals surface area contributed by atoms with Gasteiger partial charge in [0.15, 0.2) is 0 Å². The van der Waals surface area contributed by atoms with E-state index in [4.69, 9.17) is 4.42 Å². The third-order valence-corrected chi connectivity index (χ3v) is 6.40. The van der Waals surface area contributed by atoms with E-state index in [0.29, 0.717) is 11.5 Å². The Bertz CT molecular complexity index is 429. The summed E-state index contributed by atoms with van der Waals surface area (Å²) in [5.41, 5.74) is 2.02. The molecule has 0 radical (unpaired) electrons. The molecule has 1 aromatic heterocycles. The van der Waals surface area contributed by atoms with Gasteiger partial charge in [-0.1, -0.05) is 6.92 Å². The SMILES string of the molecule is CCNC(Cc1ccoc1)CC12CC3CC(CC(C3)C1)C2. The zero-order chi connectivity index (χ0) is 14.3. The Morgan fingerprint density at radius 3 is 2.38 bits per heavy atom. The van der Waals surface area contributed by atoms with Gasteiger partial charge >= 0.3 is 0 Å². The second kappa shape index (κ2) is 5.46. The van der Waals surface area contributed by atoms with Crippen LogP contribution in [0.2, 0.25) is 0 Å². The van der Waals surface area contributed by atoms with Crippen molar-refractivity contribution in [3.05, 3.63) is 24.2 Å². The molecule has 0 saturated heterocycles. The predicted molar refractivity (Wildman–Crippen MR) is 85.1 cm³/mol. The van der Waals surface area contributed by atoms with Crippen molar-refractivity contribution >= 4 is 0 Å². The molecule has 1 atom stereocenters. The molecular formula is C19H29NO. The van der Waals surface area contributed by atoms with Gasteiger partial charge in [0.1, 0.15) is 0 Å². The third kappa shape index (κ3) is 2.79. The van der Waals surface area contributed by atoms with E-state index in [1.165, 1.54) is 31.2 Å². The van der Waals surface area contributed by atoms with Crippen molar-refractivity contribution in [3.8, 4) is 0 Å². The van der Waals surface area contributed by atoms with E-state index >= 15 is 0 Å². The number of hydrogen-bond donors (Lipinski definition) is 1. The number of likely N-dealkylation sites (N-methyl/N-ethyl adjacent to an activating group) is 1. The Hall–Kier alpha value is -0.760. The summed E-state index contributed by atoms with van der Waals surface area (Å²) >= 11 is 0. The van der Waals surface area contributed by atoms with Crippen LogP contribution in [0, 0.1) is 23.2 Å². The highest BCUT2D eigenvalue weighted by Gasteiger charge is 2.51. The molecule has 4 aliphatic carbocycles. The molecule has 4 bridgehead atoms. The fourth-order valence-electron chi connectivity index (χ4n) is 6.26. The van der Waals surface area contributed by atoms with E-state index < -0.39 is 0 Å². The molecular weight excluding hydrogens is 258 g/mol. The molecule has 5 rings (SSSR count). The standard InChI is InChI=1S/C19H29NO/c1-2-20-18(8-14-3-4-21-13-14)12-19-9-15-5-16(10-19)7-17(6-15)11-19/h3-4,13,15-18,20H,2,5-12H2,1H3. The van der Waals surface area contributed by atoms with Crippen LogP contribution in [0.1, 0.15) is 57.4 Å². The Morgan fingerprint density at radius 2 is 1.86 bits per heavy atom. The van der Waals surface area contributed by atoms with Crippen molar-refractivity contribution in [1.82, 2.24) is 5.32 Å². The predicted octanol–water partition coefficient (Wildman–Crippen LogP) is 4.41. The highest BCUT2D eigenvalue weighted by molar-refractivity contribution is 5.09. The molecule has 1 unspecified atom stereocenters. The summed E-state index contributed by atoms with van der Waals surface area (Å²) in [4.78, 5) is 0. The first-order chi connectivity index (χ1) is 10.2. The molecule has 0 aliphatic heterocycles. The van der Waals surface area contributed by atoms with Gasteiger partial charge in [0.05, 0.1) is 12.5 Å². The largest absolute Gasteiger partial charge is 0.472 e. The first kappa shape index (κ1) is 13.9. The molecule has 1 aromatic rings. The van der Waals surface area contributed by atoms with Crippen molar-refractivity contribution in [2.24, 2.45) is 23.2 Å². The van der Waals surface area contributed by atoms with Crippen LogP contribution in [0.4, 0.5) is 0 Å². The molecule has 0 aromatic carbocycles. The van der Waals surface area contributed by atoms with E-state index in [-0.39, 0.29) is 0 Å². The van der Waals surface area contributed by atoms with Crippen LogP contribution < -0.4 is 5.32 Å². The number of rotatable bonds is 6. The van der Waals surface area contributed by atoms with Gasteiger partial charge in [0.2, 0.25) is 0 Å². The zero-order valence-corrected chi connectivity index (χ0v) is 13.3. The lowest BCUT2D eigenvalue weighted by Gasteiger charge is -2.57. The molecule has 2 nitrogen and oxygen atoms in total. The fourth-order valence-corrected chi connectivity index (χ4v) is 6.26. The second-order valence-electron chi connectivity index (χ2n) is 8.21. The van der Waals surface area contributed by atoms with Crippen LogP contribution in [-0.2, 0) is 6.42 Å². The lowest BCUT2D eigenvalue weighted by atomic mass is 9.48. The summed E-state index contributed by atoms with van der Waals surface area (Å²) in [7, 11) is 0. The Balaban J connectivity index is 1.47. The lowest BCUT2D eigenvalue weighted by Crippen LogP contribution is -2.49. The highest BCUT2D eigenvalue weighted by atomic mass is 16.3. The van der Waals surface area contributed by atoms with Crippen molar-refractivity contribution in [2.45, 2.75) is 64.3 Å². The fraction of sp³-hybridized carbons (Fsp3) is 0.789. The zero-order valence-electron chi connectivity index (χ0n) is 13.3. The lowest BCUT2D eigenvalue weighted by molar-refractivity contribution is -0.0619. The minimum atomic E-state index is 0.629. The van der Waals surface area contributed by atoms with E-state index in [2.05, 4.69) is 18.3 Å². The topological polar surface area (TPSA) is 25.2 Å². The molecule has 21 heavy (non-hydrogen) atoms. The smallest absolute Gasteiger partial charge is 0.0935 e. The summed E-state index contributed by atoms with van der Waals surface area (Å²) in [6, 6.07) is 2.76. The number of hydrogen-bond acceptors (Lipinski definition) is 2. The van der Waals surface area contributed by atoms with Gasteiger partial charge in [0, 0.05) is 6.04 Å². The van der Waals surface area contributed by atoms with Crippen LogP contribution in [0.15, 0.2) is 23.0 Å². The third-order valence-electron chi connectivity index (χ3n) is 6.40. The van der Waals surface area contributed by atoms with E-state index in [1.54, 1.807) is 19.3 Å². The van der Waals surface area contributed by atoms with E-state index in [9.17, 15) is 0 Å². The van der Waals surface area contributed by atoms with Crippen molar-refractivity contribution in [1.29, 1.82) is 0 Å². The Labute approximate surface area is 128 Å². The number of furan rings is 1. The summed E-state index contributed by atoms with van der Waals surface area (Å²) in [5, 5.41) is 3.75. The quantitative estimate of drug-likeness (QED) is 0.838. The van der Waals surface area contributed by atoms with Crippen LogP contribution >= 0.6 is 0 Å². The number of nitrogens with one attached hydrogen (secondary N) is 1. The molecule has 2 heteroatoms. The molecule has 4 aliphatic rings. The minimum Gasteiger partial charge on any atom is -0.472 e. The van der Waals surface area contributed by atoms with Gasteiger partial charge in [-0.2, -0.15) is 0 Å². The minimum absolute atomic E-state index is 0.629. The van der Waals surface area contributed by atoms with Crippen LogP contribution in [0.3, 0.4) is 0 Å². The van der Waals surface area contributed by atoms with Gasteiger partial charge in [0.25, 0.3) is 0 Å². The summed E-state index contributed by atoms with van der Waals surface area (Å²) in [6.45, 7) is 3.32. The Kier molecular flexibility index (Phi) is 3.61. The van der Waals surface area contributed by atoms with Crippen LogP contribution in [-0.4, -0.2) is 12.6 Å². The van der Waals surface area contributed by atoms with Gasteiger partial charge in [-0.3, -0.25) is 0 Å². The van der Waals surface area contributed by atoms with E-state index in [0.717, 1.165) is 30.7 Å². The second-order valence-corrected chi connectivity index (χ2v) is 8.21. The molecule has 116 valence electrons. The van der Waals surface area contributed by atoms with Crippen LogP contribution in [0.25, 0.3) is 0 Å². The van der Waals surface area contributed by atoms with Gasteiger partial charge in [-0.05, 0) is 92.7 Å². The average molecular weight is 287 g/mol. The maximum atomic E-state index is 5.26. The Morgan fingerprint density at radius 1 is 1.19 bits per heavy atom. The molecule has 0 spiro atoms. The van der Waals surface area contributed by atoms with Gasteiger partial charge in [-0.25, -0.2) is 0 Å². The van der Waals surface area contributed by atoms with E-state index in [1.807, 2.05) is 12.5 Å². The van der Waals surface area contributed by atoms with Gasteiger partial charge in [-0.15, -0.1) is 0 Å². The summed E-state index contributed by atoms with van der Waals surface area (Å²) in [5.74, 6) is 3.19. The van der Waals surface area contributed by atoms with Crippen molar-refractivity contribution in [2.75, 3.05) is 6.54 Å². The molecule has 0 amide bonds. The molecule has 4 fully saturated rings. The van der Waals surface area contributed by atoms with Gasteiger partial charge < -0.3 is 9.73 Å². The average Bonchev–Trinajstić information content (AvgIpc) is 2.89. The summed E-state index contributed by atoms with van der Waals surface area (Å²) < 4.78 is 5.26. The summed E-state index contributed by atoms with van der Waals surface area (Å²) in [6.07, 6.45) is 15.5. The normalized spacial score (nSPS) is 38.8. The molecule has 1 heterocycles. The monoisotopic (exact) mass is 287 g/mol. The highest BCUT2D eigenvalue weighted by Crippen LogP contribution is 2.61. The van der Waals surface area contributed by atoms with Crippen molar-refractivity contribution in [3.63, 3.8) is 0 Å². The first-order valence-corrected chi connectivity index (χ1v) is 8.99. The molecule has 4 saturated carbocycles.